The maximum absolute atomic E-state index is 12.3. The predicted molar refractivity (Wildman–Crippen MR) is 122 cm³/mol. The number of nitrogens with one attached hydrogen (secondary N) is 2. The van der Waals surface area contributed by atoms with Gasteiger partial charge in [-0.3, -0.25) is 5.32 Å². The van der Waals surface area contributed by atoms with Crippen molar-refractivity contribution >= 4 is 34.1 Å². The Balaban J connectivity index is 1.44. The molecule has 0 bridgehead atoms. The second kappa shape index (κ2) is 8.16. The first-order valence-electron chi connectivity index (χ1n) is 10.6. The number of amides is 1. The summed E-state index contributed by atoms with van der Waals surface area (Å²) in [6, 6.07) is 5.71. The molecule has 0 saturated carbocycles. The van der Waals surface area contributed by atoms with Crippen molar-refractivity contribution in [1.82, 2.24) is 9.97 Å². The maximum Gasteiger partial charge on any atom is 0.413 e. The lowest BCUT2D eigenvalue weighted by molar-refractivity contribution is 0.0843. The number of ether oxygens (including phenoxy) is 3. The zero-order valence-electron chi connectivity index (χ0n) is 18.0. The van der Waals surface area contributed by atoms with Crippen LogP contribution in [0.2, 0.25) is 0 Å². The van der Waals surface area contributed by atoms with Gasteiger partial charge in [-0.05, 0) is 41.6 Å². The summed E-state index contributed by atoms with van der Waals surface area (Å²) in [7, 11) is 0. The average molecular weight is 435 g/mol. The van der Waals surface area contributed by atoms with E-state index >= 15 is 0 Å². The van der Waals surface area contributed by atoms with Gasteiger partial charge in [0, 0.05) is 41.5 Å². The third-order valence-electron chi connectivity index (χ3n) is 5.91. The molecule has 166 valence electrons. The number of nitrogens with two attached hydrogens (primary N) is 1. The van der Waals surface area contributed by atoms with Gasteiger partial charge in [0.15, 0.2) is 0 Å². The average Bonchev–Trinajstić information content (AvgIpc) is 3.18. The first kappa shape index (κ1) is 20.3. The number of hydrogen-bond acceptors (Lipinski definition) is 8. The van der Waals surface area contributed by atoms with Crippen molar-refractivity contribution in [3.63, 3.8) is 0 Å². The molecule has 9 heteroatoms. The summed E-state index contributed by atoms with van der Waals surface area (Å²) in [5, 5.41) is 7.71. The normalized spacial score (nSPS) is 19.7. The summed E-state index contributed by atoms with van der Waals surface area (Å²) in [6.45, 7) is 6.35. The monoisotopic (exact) mass is 435 g/mol. The van der Waals surface area contributed by atoms with Crippen LogP contribution < -0.4 is 21.1 Å². The molecular weight excluding hydrogens is 410 g/mol. The number of benzene rings is 1. The molecule has 2 aromatic heterocycles. The van der Waals surface area contributed by atoms with Crippen LogP contribution in [-0.4, -0.2) is 48.5 Å². The van der Waals surface area contributed by atoms with Crippen LogP contribution in [0.1, 0.15) is 12.5 Å². The number of carbonyl (C=O) groups is 1. The number of nitrogen functional groups attached to an aromatic ring is 1. The molecule has 9 nitrogen and oxygen atoms in total. The first-order valence-corrected chi connectivity index (χ1v) is 10.6. The van der Waals surface area contributed by atoms with Crippen molar-refractivity contribution in [2.24, 2.45) is 5.92 Å². The lowest BCUT2D eigenvalue weighted by Gasteiger charge is -2.21. The molecule has 32 heavy (non-hydrogen) atoms. The molecule has 2 aliphatic rings. The van der Waals surface area contributed by atoms with E-state index < -0.39 is 6.09 Å². The van der Waals surface area contributed by atoms with Crippen molar-refractivity contribution in [3.05, 3.63) is 36.2 Å². The molecule has 0 radical (unpaired) electrons. The van der Waals surface area contributed by atoms with Crippen molar-refractivity contribution < 1.29 is 19.0 Å². The van der Waals surface area contributed by atoms with Gasteiger partial charge in [0.25, 0.3) is 0 Å². The molecule has 0 spiro atoms. The van der Waals surface area contributed by atoms with Crippen LogP contribution in [0.4, 0.5) is 22.0 Å². The molecule has 4 N–H and O–H groups in total. The minimum Gasteiger partial charge on any atom is -0.474 e. The van der Waals surface area contributed by atoms with E-state index in [1.165, 1.54) is 0 Å². The summed E-state index contributed by atoms with van der Waals surface area (Å²) in [6.07, 6.45) is 2.64. The number of rotatable bonds is 3. The summed E-state index contributed by atoms with van der Waals surface area (Å²) in [5.74, 6) is 1.17. The Hall–Kier alpha value is -3.59. The van der Waals surface area contributed by atoms with E-state index in [0.29, 0.717) is 37.2 Å². The summed E-state index contributed by atoms with van der Waals surface area (Å²) in [5.41, 5.74) is 10.7. The quantitative estimate of drug-likeness (QED) is 0.534. The standard InChI is InChI=1S/C23H25N5O4/c1-12-10-30-11-19(12)32-23(29)28-20-7-15-5-14(6-18(24)17(15)9-26-20)16-8-27-22-21(13(16)2)25-3-4-31-22/h5-9,12,19,25H,3-4,10-11,24H2,1-2H3,(H,26,28,29)/t12-,19-/m0/s1. The molecule has 4 heterocycles. The van der Waals surface area contributed by atoms with Gasteiger partial charge in [-0.2, -0.15) is 0 Å². The van der Waals surface area contributed by atoms with Crippen molar-refractivity contribution in [3.8, 4) is 17.0 Å². The fraction of sp³-hybridized carbons (Fsp3) is 0.348. The lowest BCUT2D eigenvalue weighted by Crippen LogP contribution is -2.27. The molecule has 5 rings (SSSR count). The summed E-state index contributed by atoms with van der Waals surface area (Å²) in [4.78, 5) is 21.1. The van der Waals surface area contributed by atoms with E-state index in [-0.39, 0.29) is 12.0 Å². The molecule has 1 saturated heterocycles. The van der Waals surface area contributed by atoms with Crippen LogP contribution in [-0.2, 0) is 9.47 Å². The Morgan fingerprint density at radius 1 is 1.25 bits per heavy atom. The van der Waals surface area contributed by atoms with E-state index in [4.69, 9.17) is 19.9 Å². The van der Waals surface area contributed by atoms with E-state index in [1.807, 2.05) is 26.0 Å². The highest BCUT2D eigenvalue weighted by atomic mass is 16.6. The van der Waals surface area contributed by atoms with Crippen LogP contribution in [0.15, 0.2) is 30.6 Å². The number of carbonyl (C=O) groups excluding carboxylic acids is 1. The third-order valence-corrected chi connectivity index (χ3v) is 5.91. The van der Waals surface area contributed by atoms with Gasteiger partial charge >= 0.3 is 6.09 Å². The van der Waals surface area contributed by atoms with Crippen molar-refractivity contribution in [2.75, 3.05) is 42.7 Å². The van der Waals surface area contributed by atoms with Crippen molar-refractivity contribution in [2.45, 2.75) is 20.0 Å². The second-order valence-electron chi connectivity index (χ2n) is 8.19. The molecule has 2 atom stereocenters. The van der Waals surface area contributed by atoms with Gasteiger partial charge in [-0.1, -0.05) is 6.92 Å². The molecule has 1 fully saturated rings. The summed E-state index contributed by atoms with van der Waals surface area (Å²) < 4.78 is 16.4. The molecule has 0 aliphatic carbocycles. The number of pyridine rings is 2. The fourth-order valence-electron chi connectivity index (χ4n) is 4.09. The minimum absolute atomic E-state index is 0.168. The van der Waals surface area contributed by atoms with Gasteiger partial charge < -0.3 is 25.3 Å². The Bertz CT molecular complexity index is 1200. The molecule has 3 aromatic rings. The Morgan fingerprint density at radius 3 is 2.94 bits per heavy atom. The highest BCUT2D eigenvalue weighted by Gasteiger charge is 2.28. The largest absolute Gasteiger partial charge is 0.474 e. The van der Waals surface area contributed by atoms with Gasteiger partial charge in [0.05, 0.1) is 13.2 Å². The van der Waals surface area contributed by atoms with Crippen LogP contribution in [0.25, 0.3) is 21.9 Å². The van der Waals surface area contributed by atoms with Gasteiger partial charge in [0.2, 0.25) is 5.88 Å². The van der Waals surface area contributed by atoms with Gasteiger partial charge in [-0.25, -0.2) is 14.8 Å². The first-order chi connectivity index (χ1) is 15.5. The molecule has 2 aliphatic heterocycles. The predicted octanol–water partition coefficient (Wildman–Crippen LogP) is 3.58. The third kappa shape index (κ3) is 3.75. The van der Waals surface area contributed by atoms with Crippen molar-refractivity contribution in [1.29, 1.82) is 0 Å². The zero-order chi connectivity index (χ0) is 22.2. The molecule has 1 aromatic carbocycles. The maximum atomic E-state index is 12.3. The second-order valence-corrected chi connectivity index (χ2v) is 8.19. The smallest absolute Gasteiger partial charge is 0.413 e. The Morgan fingerprint density at radius 2 is 2.12 bits per heavy atom. The number of nitrogens with zero attached hydrogens (tertiary/aromatic N) is 2. The van der Waals surface area contributed by atoms with E-state index in [0.717, 1.165) is 39.7 Å². The number of aromatic nitrogens is 2. The van der Waals surface area contributed by atoms with Crippen LogP contribution in [0, 0.1) is 12.8 Å². The molecule has 0 unspecified atom stereocenters. The Labute approximate surface area is 185 Å². The number of fused-ring (bicyclic) bond motifs is 2. The number of hydrogen-bond donors (Lipinski definition) is 3. The zero-order valence-corrected chi connectivity index (χ0v) is 18.0. The highest BCUT2D eigenvalue weighted by molar-refractivity contribution is 5.99. The number of anilines is 3. The highest BCUT2D eigenvalue weighted by Crippen LogP contribution is 2.37. The Kier molecular flexibility index (Phi) is 5.18. The minimum atomic E-state index is -0.552. The lowest BCUT2D eigenvalue weighted by atomic mass is 9.98. The SMILES string of the molecule is Cc1c(-c2cc(N)c3cnc(NC(=O)O[C@H]4COC[C@@H]4C)cc3c2)cnc2c1NCCO2. The fourth-order valence-corrected chi connectivity index (χ4v) is 4.09. The molecule has 1 amide bonds. The van der Waals surface area contributed by atoms with E-state index in [2.05, 4.69) is 20.6 Å². The van der Waals surface area contributed by atoms with E-state index in [9.17, 15) is 4.79 Å². The van der Waals surface area contributed by atoms with Gasteiger partial charge in [-0.15, -0.1) is 0 Å². The van der Waals surface area contributed by atoms with Gasteiger partial charge in [0.1, 0.15) is 24.2 Å². The topological polar surface area (TPSA) is 121 Å². The van der Waals surface area contributed by atoms with E-state index in [1.54, 1.807) is 18.5 Å². The van der Waals surface area contributed by atoms with Crippen LogP contribution in [0.3, 0.4) is 0 Å². The van der Waals surface area contributed by atoms with Crippen LogP contribution in [0.5, 0.6) is 5.88 Å². The van der Waals surface area contributed by atoms with Crippen LogP contribution >= 0.6 is 0 Å². The summed E-state index contributed by atoms with van der Waals surface area (Å²) >= 11 is 0. The molecular formula is C23H25N5O4.